The zero-order valence-corrected chi connectivity index (χ0v) is 13.3. The van der Waals surface area contributed by atoms with Crippen LogP contribution in [-0.4, -0.2) is 23.7 Å². The fourth-order valence-corrected chi connectivity index (χ4v) is 2.83. The SMILES string of the molecule is COc1ncc(-c2ccncc2)cc1Nc1ccc2c(c1)CCO2. The van der Waals surface area contributed by atoms with Gasteiger partial charge in [0, 0.05) is 36.3 Å². The Balaban J connectivity index is 1.68. The van der Waals surface area contributed by atoms with Crippen LogP contribution in [0.5, 0.6) is 11.6 Å². The van der Waals surface area contributed by atoms with Crippen molar-refractivity contribution in [1.29, 1.82) is 0 Å². The zero-order valence-electron chi connectivity index (χ0n) is 13.3. The highest BCUT2D eigenvalue weighted by molar-refractivity contribution is 5.73. The number of methoxy groups -OCH3 is 1. The molecule has 0 saturated carbocycles. The molecule has 0 atom stereocenters. The maximum atomic E-state index is 5.55. The van der Waals surface area contributed by atoms with Crippen LogP contribution in [0.1, 0.15) is 5.56 Å². The van der Waals surface area contributed by atoms with Crippen molar-refractivity contribution in [2.45, 2.75) is 6.42 Å². The standard InChI is InChI=1S/C19H17N3O2/c1-23-19-17(11-15(12-21-19)13-4-7-20-8-5-13)22-16-2-3-18-14(10-16)6-9-24-18/h2-5,7-8,10-12,22H,6,9H2,1H3. The first-order chi connectivity index (χ1) is 11.8. The molecule has 0 aliphatic carbocycles. The van der Waals surface area contributed by atoms with Crippen LogP contribution in [-0.2, 0) is 6.42 Å². The third-order valence-electron chi connectivity index (χ3n) is 4.03. The number of nitrogens with zero attached hydrogens (tertiary/aromatic N) is 2. The van der Waals surface area contributed by atoms with Crippen LogP contribution in [0, 0.1) is 0 Å². The number of hydrogen-bond acceptors (Lipinski definition) is 5. The van der Waals surface area contributed by atoms with E-state index in [0.717, 1.165) is 41.3 Å². The number of anilines is 2. The summed E-state index contributed by atoms with van der Waals surface area (Å²) in [5.41, 5.74) is 5.10. The van der Waals surface area contributed by atoms with Gasteiger partial charge in [0.05, 0.1) is 13.7 Å². The van der Waals surface area contributed by atoms with Gasteiger partial charge in [0.25, 0.3) is 0 Å². The number of fused-ring (bicyclic) bond motifs is 1. The van der Waals surface area contributed by atoms with Gasteiger partial charge in [-0.25, -0.2) is 4.98 Å². The topological polar surface area (TPSA) is 56.3 Å². The lowest BCUT2D eigenvalue weighted by atomic mass is 10.1. The highest BCUT2D eigenvalue weighted by Crippen LogP contribution is 2.33. The van der Waals surface area contributed by atoms with E-state index >= 15 is 0 Å². The first kappa shape index (κ1) is 14.5. The molecule has 0 spiro atoms. The van der Waals surface area contributed by atoms with E-state index in [-0.39, 0.29) is 0 Å². The fraction of sp³-hybridized carbons (Fsp3) is 0.158. The molecule has 4 rings (SSSR count). The molecule has 24 heavy (non-hydrogen) atoms. The van der Waals surface area contributed by atoms with Gasteiger partial charge in [-0.05, 0) is 47.5 Å². The van der Waals surface area contributed by atoms with Crippen LogP contribution in [0.2, 0.25) is 0 Å². The Kier molecular flexibility index (Phi) is 3.75. The normalized spacial score (nSPS) is 12.4. The molecule has 0 amide bonds. The molecule has 3 heterocycles. The summed E-state index contributed by atoms with van der Waals surface area (Å²) >= 11 is 0. The van der Waals surface area contributed by atoms with Crippen LogP contribution in [0.25, 0.3) is 11.1 Å². The Hall–Kier alpha value is -3.08. The number of hydrogen-bond donors (Lipinski definition) is 1. The van der Waals surface area contributed by atoms with Gasteiger partial charge in [0.2, 0.25) is 5.88 Å². The molecular weight excluding hydrogens is 302 g/mol. The molecule has 0 bridgehead atoms. The highest BCUT2D eigenvalue weighted by Gasteiger charge is 2.13. The summed E-state index contributed by atoms with van der Waals surface area (Å²) in [6.07, 6.45) is 6.29. The Labute approximate surface area is 140 Å². The molecule has 3 aromatic rings. The summed E-state index contributed by atoms with van der Waals surface area (Å²) in [4.78, 5) is 8.47. The summed E-state index contributed by atoms with van der Waals surface area (Å²) in [5, 5.41) is 3.40. The van der Waals surface area contributed by atoms with E-state index in [1.54, 1.807) is 25.7 Å². The summed E-state index contributed by atoms with van der Waals surface area (Å²) in [6.45, 7) is 0.751. The number of benzene rings is 1. The van der Waals surface area contributed by atoms with Gasteiger partial charge in [-0.1, -0.05) is 0 Å². The maximum absolute atomic E-state index is 5.55. The summed E-state index contributed by atoms with van der Waals surface area (Å²) in [7, 11) is 1.62. The molecule has 1 aliphatic rings. The molecule has 0 saturated heterocycles. The van der Waals surface area contributed by atoms with Gasteiger partial charge in [0.15, 0.2) is 0 Å². The number of ether oxygens (including phenoxy) is 2. The number of aromatic nitrogens is 2. The molecule has 0 radical (unpaired) electrons. The van der Waals surface area contributed by atoms with Gasteiger partial charge < -0.3 is 14.8 Å². The molecule has 1 aromatic carbocycles. The minimum absolute atomic E-state index is 0.560. The van der Waals surface area contributed by atoms with Crippen molar-refractivity contribution < 1.29 is 9.47 Å². The molecule has 2 aromatic heterocycles. The lowest BCUT2D eigenvalue weighted by molar-refractivity contribution is 0.357. The number of nitrogens with one attached hydrogen (secondary N) is 1. The molecule has 1 aliphatic heterocycles. The highest BCUT2D eigenvalue weighted by atomic mass is 16.5. The summed E-state index contributed by atoms with van der Waals surface area (Å²) in [6, 6.07) is 12.1. The lowest BCUT2D eigenvalue weighted by Crippen LogP contribution is -1.98. The van der Waals surface area contributed by atoms with E-state index in [2.05, 4.69) is 21.4 Å². The number of pyridine rings is 2. The minimum Gasteiger partial charge on any atom is -0.493 e. The number of rotatable bonds is 4. The molecule has 5 nitrogen and oxygen atoms in total. The fourth-order valence-electron chi connectivity index (χ4n) is 2.83. The van der Waals surface area contributed by atoms with Crippen LogP contribution in [0.15, 0.2) is 55.0 Å². The van der Waals surface area contributed by atoms with Crippen molar-refractivity contribution in [3.8, 4) is 22.8 Å². The largest absolute Gasteiger partial charge is 0.493 e. The Morgan fingerprint density at radius 1 is 1.08 bits per heavy atom. The van der Waals surface area contributed by atoms with Crippen LogP contribution >= 0.6 is 0 Å². The molecular formula is C19H17N3O2. The second kappa shape index (κ2) is 6.20. The van der Waals surface area contributed by atoms with Crippen molar-refractivity contribution >= 4 is 11.4 Å². The van der Waals surface area contributed by atoms with Crippen LogP contribution < -0.4 is 14.8 Å². The average molecular weight is 319 g/mol. The first-order valence-corrected chi connectivity index (χ1v) is 7.81. The van der Waals surface area contributed by atoms with Crippen molar-refractivity contribution in [3.05, 3.63) is 60.6 Å². The second-order valence-electron chi connectivity index (χ2n) is 5.56. The smallest absolute Gasteiger partial charge is 0.237 e. The van der Waals surface area contributed by atoms with E-state index in [9.17, 15) is 0 Å². The predicted octanol–water partition coefficient (Wildman–Crippen LogP) is 3.83. The van der Waals surface area contributed by atoms with E-state index in [1.807, 2.05) is 30.3 Å². The van der Waals surface area contributed by atoms with Crippen LogP contribution in [0.3, 0.4) is 0 Å². The van der Waals surface area contributed by atoms with E-state index < -0.39 is 0 Å². The Bertz CT molecular complexity index is 866. The summed E-state index contributed by atoms with van der Waals surface area (Å²) < 4.78 is 10.9. The van der Waals surface area contributed by atoms with Gasteiger partial charge in [-0.15, -0.1) is 0 Å². The van der Waals surface area contributed by atoms with Gasteiger partial charge >= 0.3 is 0 Å². The zero-order chi connectivity index (χ0) is 16.4. The maximum Gasteiger partial charge on any atom is 0.237 e. The molecule has 0 unspecified atom stereocenters. The van der Waals surface area contributed by atoms with Crippen molar-refractivity contribution in [1.82, 2.24) is 9.97 Å². The van der Waals surface area contributed by atoms with Gasteiger partial charge in [0.1, 0.15) is 11.4 Å². The van der Waals surface area contributed by atoms with Crippen LogP contribution in [0.4, 0.5) is 11.4 Å². The predicted molar refractivity (Wildman–Crippen MR) is 92.9 cm³/mol. The second-order valence-corrected chi connectivity index (χ2v) is 5.56. The lowest BCUT2D eigenvalue weighted by Gasteiger charge is -2.13. The van der Waals surface area contributed by atoms with Crippen molar-refractivity contribution in [3.63, 3.8) is 0 Å². The third-order valence-corrected chi connectivity index (χ3v) is 4.03. The Morgan fingerprint density at radius 2 is 1.96 bits per heavy atom. The van der Waals surface area contributed by atoms with Crippen molar-refractivity contribution in [2.75, 3.05) is 19.0 Å². The van der Waals surface area contributed by atoms with Gasteiger partial charge in [-0.3, -0.25) is 4.98 Å². The summed E-state index contributed by atoms with van der Waals surface area (Å²) in [5.74, 6) is 1.53. The van der Waals surface area contributed by atoms with Crippen molar-refractivity contribution in [2.24, 2.45) is 0 Å². The molecule has 120 valence electrons. The van der Waals surface area contributed by atoms with Gasteiger partial charge in [-0.2, -0.15) is 0 Å². The average Bonchev–Trinajstić information content (AvgIpc) is 3.10. The first-order valence-electron chi connectivity index (χ1n) is 7.81. The minimum atomic E-state index is 0.560. The van der Waals surface area contributed by atoms with E-state index in [1.165, 1.54) is 5.56 Å². The molecule has 0 fully saturated rings. The van der Waals surface area contributed by atoms with E-state index in [4.69, 9.17) is 9.47 Å². The molecule has 1 N–H and O–H groups in total. The third kappa shape index (κ3) is 2.76. The monoisotopic (exact) mass is 319 g/mol. The molecule has 5 heteroatoms. The quantitative estimate of drug-likeness (QED) is 0.792. The van der Waals surface area contributed by atoms with E-state index in [0.29, 0.717) is 5.88 Å². The Morgan fingerprint density at radius 3 is 2.79 bits per heavy atom.